The molecule has 1 amide bonds. The lowest BCUT2D eigenvalue weighted by atomic mass is 10.0. The van der Waals surface area contributed by atoms with Crippen molar-refractivity contribution in [3.63, 3.8) is 0 Å². The van der Waals surface area contributed by atoms with Crippen LogP contribution in [0.4, 0.5) is 0 Å². The maximum Gasteiger partial charge on any atom is 0.236 e. The Morgan fingerprint density at radius 1 is 1.16 bits per heavy atom. The molecule has 2 N–H and O–H groups in total. The third-order valence-electron chi connectivity index (χ3n) is 6.14. The molecule has 210 valence electrons. The van der Waals surface area contributed by atoms with Gasteiger partial charge in [0.2, 0.25) is 5.91 Å². The number of hydrazine groups is 2. The minimum atomic E-state index is 0.169. The van der Waals surface area contributed by atoms with Crippen LogP contribution in [0.1, 0.15) is 68.9 Å². The Morgan fingerprint density at radius 2 is 1.76 bits per heavy atom. The Kier molecular flexibility index (Phi) is 16.3. The van der Waals surface area contributed by atoms with Gasteiger partial charge in [-0.3, -0.25) is 15.0 Å². The van der Waals surface area contributed by atoms with Crippen LogP contribution in [0.15, 0.2) is 42.5 Å². The molecule has 0 radical (unpaired) electrons. The molecular formula is C29H45IN6O2. The third-order valence-corrected chi connectivity index (χ3v) is 7.32. The predicted octanol–water partition coefficient (Wildman–Crippen LogP) is 5.48. The van der Waals surface area contributed by atoms with E-state index in [4.69, 9.17) is 5.26 Å². The summed E-state index contributed by atoms with van der Waals surface area (Å²) in [7, 11) is 1.84. The zero-order valence-corrected chi connectivity index (χ0v) is 26.2. The number of halogens is 1. The molecular weight excluding hydrogens is 591 g/mol. The van der Waals surface area contributed by atoms with Crippen LogP contribution in [0, 0.1) is 18.3 Å². The smallest absolute Gasteiger partial charge is 0.236 e. The molecule has 0 saturated carbocycles. The van der Waals surface area contributed by atoms with Gasteiger partial charge in [-0.1, -0.05) is 65.0 Å². The lowest BCUT2D eigenvalue weighted by Gasteiger charge is -2.27. The maximum atomic E-state index is 11.5. The first kappa shape index (κ1) is 34.0. The zero-order valence-electron chi connectivity index (χ0n) is 24.0. The summed E-state index contributed by atoms with van der Waals surface area (Å²) in [6.07, 6.45) is 1.60. The summed E-state index contributed by atoms with van der Waals surface area (Å²) in [6.45, 7) is 16.1. The molecule has 0 spiro atoms. The van der Waals surface area contributed by atoms with Crippen molar-refractivity contribution in [2.45, 2.75) is 73.5 Å². The number of aryl methyl sites for hydroxylation is 2. The van der Waals surface area contributed by atoms with Crippen molar-refractivity contribution < 1.29 is 10.0 Å². The average molecular weight is 637 g/mol. The van der Waals surface area contributed by atoms with Gasteiger partial charge >= 0.3 is 0 Å². The van der Waals surface area contributed by atoms with E-state index in [-0.39, 0.29) is 5.91 Å². The van der Waals surface area contributed by atoms with Gasteiger partial charge in [-0.2, -0.15) is 8.48 Å². The summed E-state index contributed by atoms with van der Waals surface area (Å²) in [5.74, 6) is 0.169. The molecule has 2 aromatic carbocycles. The van der Waals surface area contributed by atoms with Gasteiger partial charge in [0, 0.05) is 68.6 Å². The van der Waals surface area contributed by atoms with Crippen molar-refractivity contribution in [3.8, 4) is 6.07 Å². The molecule has 8 nitrogen and oxygen atoms in total. The standard InChI is InChI=1S/C12H16N2O.C10H11N.C7H18IN3O/c1-3-12(15)13(2)14-8-10-6-4-5-7-11(10)9-14;1-3-10-5-4-9(7-11)6-8(10)2;1-4-10(8)11(12)6-5-9-7(2)3/h4-7H,3,8-9H2,1-2H3;4-6H,3H2,1-2H3;7,9,12H,4-6H2,1-3H3. The second-order valence-corrected chi connectivity index (χ2v) is 10.4. The first-order valence-electron chi connectivity index (χ1n) is 13.3. The van der Waals surface area contributed by atoms with E-state index in [1.807, 2.05) is 58.2 Å². The molecule has 0 aromatic heterocycles. The number of hydrogen-bond acceptors (Lipinski definition) is 7. The Morgan fingerprint density at radius 3 is 2.21 bits per heavy atom. The maximum absolute atomic E-state index is 11.5. The van der Waals surface area contributed by atoms with E-state index in [1.165, 1.54) is 27.4 Å². The summed E-state index contributed by atoms with van der Waals surface area (Å²) >= 11 is 2.07. The van der Waals surface area contributed by atoms with Crippen molar-refractivity contribution in [2.24, 2.45) is 0 Å². The first-order chi connectivity index (χ1) is 18.1. The minimum Gasteiger partial charge on any atom is -0.313 e. The molecule has 0 saturated heterocycles. The molecule has 0 atom stereocenters. The number of carbonyl (C=O) groups is 1. The van der Waals surface area contributed by atoms with E-state index >= 15 is 0 Å². The molecule has 0 bridgehead atoms. The molecule has 1 heterocycles. The summed E-state index contributed by atoms with van der Waals surface area (Å²) in [5, 5.41) is 26.2. The topological polar surface area (TPSA) is 86.1 Å². The fourth-order valence-electron chi connectivity index (χ4n) is 3.80. The third kappa shape index (κ3) is 11.8. The summed E-state index contributed by atoms with van der Waals surface area (Å²) < 4.78 is 1.74. The van der Waals surface area contributed by atoms with Crippen LogP contribution in [-0.2, 0) is 24.3 Å². The highest BCUT2D eigenvalue weighted by molar-refractivity contribution is 14.1. The zero-order chi connectivity index (χ0) is 28.7. The summed E-state index contributed by atoms with van der Waals surface area (Å²) in [5.41, 5.74) is 5.94. The van der Waals surface area contributed by atoms with Crippen LogP contribution < -0.4 is 5.32 Å². The van der Waals surface area contributed by atoms with Crippen molar-refractivity contribution in [1.82, 2.24) is 23.7 Å². The second-order valence-electron chi connectivity index (χ2n) is 9.33. The number of hydrogen-bond donors (Lipinski definition) is 2. The number of nitriles is 1. The van der Waals surface area contributed by atoms with E-state index in [0.29, 0.717) is 19.0 Å². The van der Waals surface area contributed by atoms with Crippen LogP contribution in [0.25, 0.3) is 0 Å². The summed E-state index contributed by atoms with van der Waals surface area (Å²) in [4.78, 5) is 11.5. The Bertz CT molecular complexity index is 1000. The van der Waals surface area contributed by atoms with Crippen LogP contribution in [0.5, 0.6) is 0 Å². The van der Waals surface area contributed by atoms with E-state index in [1.54, 1.807) is 8.23 Å². The SMILES string of the molecule is CCC(=O)N(C)N1Cc2ccccc2C1.CCN(I)N(O)CCNC(C)C.CCc1ccc(C#N)cc1C. The number of fused-ring (bicyclic) bond motifs is 1. The van der Waals surface area contributed by atoms with Gasteiger partial charge in [0.1, 0.15) is 0 Å². The van der Waals surface area contributed by atoms with Crippen LogP contribution in [-0.4, -0.2) is 62.3 Å². The molecule has 0 fully saturated rings. The number of hydroxylamine groups is 1. The van der Waals surface area contributed by atoms with Crippen molar-refractivity contribution in [1.29, 1.82) is 5.26 Å². The molecule has 3 rings (SSSR count). The fourth-order valence-corrected chi connectivity index (χ4v) is 4.02. The highest BCUT2D eigenvalue weighted by Gasteiger charge is 2.23. The van der Waals surface area contributed by atoms with Gasteiger partial charge < -0.3 is 5.32 Å². The minimum absolute atomic E-state index is 0.169. The Labute approximate surface area is 243 Å². The number of nitrogens with zero attached hydrogens (tertiary/aromatic N) is 5. The highest BCUT2D eigenvalue weighted by atomic mass is 127. The van der Waals surface area contributed by atoms with Crippen LogP contribution >= 0.6 is 22.9 Å². The van der Waals surface area contributed by atoms with Crippen LogP contribution in [0.2, 0.25) is 0 Å². The van der Waals surface area contributed by atoms with Crippen molar-refractivity contribution in [3.05, 3.63) is 70.3 Å². The quantitative estimate of drug-likeness (QED) is 0.214. The monoisotopic (exact) mass is 636 g/mol. The van der Waals surface area contributed by atoms with Crippen LogP contribution in [0.3, 0.4) is 0 Å². The van der Waals surface area contributed by atoms with Crippen molar-refractivity contribution in [2.75, 3.05) is 26.7 Å². The van der Waals surface area contributed by atoms with Gasteiger partial charge in [-0.15, -0.1) is 5.17 Å². The number of amides is 1. The van der Waals surface area contributed by atoms with Crippen molar-refractivity contribution >= 4 is 28.8 Å². The molecule has 0 unspecified atom stereocenters. The predicted molar refractivity (Wildman–Crippen MR) is 162 cm³/mol. The normalized spacial score (nSPS) is 12.4. The molecule has 38 heavy (non-hydrogen) atoms. The number of carbonyl (C=O) groups excluding carboxylic acids is 1. The molecule has 0 aliphatic carbocycles. The van der Waals surface area contributed by atoms with E-state index in [9.17, 15) is 10.0 Å². The fraction of sp³-hybridized carbons (Fsp3) is 0.517. The lowest BCUT2D eigenvalue weighted by Crippen LogP contribution is -2.39. The van der Waals surface area contributed by atoms with Gasteiger partial charge in [-0.25, -0.2) is 5.01 Å². The molecule has 1 aliphatic rings. The Hall–Kier alpha value is -2.07. The van der Waals surface area contributed by atoms with E-state index in [0.717, 1.165) is 38.2 Å². The largest absolute Gasteiger partial charge is 0.313 e. The lowest BCUT2D eigenvalue weighted by molar-refractivity contribution is -0.185. The van der Waals surface area contributed by atoms with Gasteiger partial charge in [-0.05, 0) is 47.7 Å². The van der Waals surface area contributed by atoms with Gasteiger partial charge in [0.25, 0.3) is 0 Å². The number of nitrogens with one attached hydrogen (secondary N) is 1. The van der Waals surface area contributed by atoms with Gasteiger partial charge in [0.05, 0.1) is 18.2 Å². The second kappa shape index (κ2) is 18.3. The van der Waals surface area contributed by atoms with E-state index in [2.05, 4.69) is 72.2 Å². The molecule has 2 aromatic rings. The Balaban J connectivity index is 0.000000290. The molecule has 9 heteroatoms. The first-order valence-corrected chi connectivity index (χ1v) is 14.2. The highest BCUT2D eigenvalue weighted by Crippen LogP contribution is 2.23. The molecule has 1 aliphatic heterocycles. The van der Waals surface area contributed by atoms with E-state index < -0.39 is 0 Å². The summed E-state index contributed by atoms with van der Waals surface area (Å²) in [6, 6.07) is 16.8. The number of rotatable bonds is 9. The van der Waals surface area contributed by atoms with Gasteiger partial charge in [0.15, 0.2) is 0 Å². The average Bonchev–Trinajstić information content (AvgIpc) is 3.36. The number of benzene rings is 2.